The smallest absolute Gasteiger partial charge is 0.265 e. The number of sulfonamides is 1. The number of methoxy groups -OCH3 is 1. The van der Waals surface area contributed by atoms with Gasteiger partial charge in [0.25, 0.3) is 10.0 Å². The summed E-state index contributed by atoms with van der Waals surface area (Å²) < 4.78 is 38.7. The molecule has 1 aromatic carbocycles. The number of rotatable bonds is 5. The third-order valence-electron chi connectivity index (χ3n) is 3.53. The van der Waals surface area contributed by atoms with Gasteiger partial charge in [0.05, 0.1) is 12.8 Å². The minimum absolute atomic E-state index is 0.0187. The molecule has 132 valence electrons. The fourth-order valence-electron chi connectivity index (χ4n) is 2.36. The molecule has 7 nitrogen and oxygen atoms in total. The number of H-pyrrole nitrogens is 1. The molecule has 9 heteroatoms. The van der Waals surface area contributed by atoms with Crippen molar-refractivity contribution in [2.45, 2.75) is 18.7 Å². The van der Waals surface area contributed by atoms with Crippen LogP contribution in [0.25, 0.3) is 11.5 Å². The van der Waals surface area contributed by atoms with Crippen LogP contribution in [0.3, 0.4) is 0 Å². The van der Waals surface area contributed by atoms with Crippen molar-refractivity contribution in [3.63, 3.8) is 0 Å². The number of benzene rings is 1. The molecular formula is C16H16ClN3O4S. The largest absolute Gasteiger partial charge is 0.495 e. The summed E-state index contributed by atoms with van der Waals surface area (Å²) in [6, 6.07) is 7.87. The first-order valence-electron chi connectivity index (χ1n) is 7.29. The van der Waals surface area contributed by atoms with Gasteiger partial charge in [-0.1, -0.05) is 11.6 Å². The lowest BCUT2D eigenvalue weighted by Gasteiger charge is -2.11. The van der Waals surface area contributed by atoms with E-state index in [1.165, 1.54) is 19.2 Å². The maximum atomic E-state index is 12.8. The summed E-state index contributed by atoms with van der Waals surface area (Å²) >= 11 is 5.95. The van der Waals surface area contributed by atoms with E-state index in [-0.39, 0.29) is 16.3 Å². The van der Waals surface area contributed by atoms with Crippen LogP contribution < -0.4 is 9.46 Å². The van der Waals surface area contributed by atoms with Gasteiger partial charge in [0.1, 0.15) is 22.1 Å². The van der Waals surface area contributed by atoms with Crippen molar-refractivity contribution in [1.82, 2.24) is 10.2 Å². The van der Waals surface area contributed by atoms with Crippen LogP contribution in [0.4, 0.5) is 5.69 Å². The fraction of sp³-hybridized carbons (Fsp3) is 0.188. The van der Waals surface area contributed by atoms with Crippen LogP contribution in [0.5, 0.6) is 5.75 Å². The zero-order valence-corrected chi connectivity index (χ0v) is 15.3. The molecule has 3 rings (SSSR count). The quantitative estimate of drug-likeness (QED) is 0.701. The number of hydrogen-bond acceptors (Lipinski definition) is 5. The Hall–Kier alpha value is -2.45. The second kappa shape index (κ2) is 6.45. The molecule has 0 atom stereocenters. The number of halogens is 1. The first-order valence-corrected chi connectivity index (χ1v) is 9.15. The number of ether oxygens (including phenoxy) is 1. The molecule has 0 bridgehead atoms. The molecule has 25 heavy (non-hydrogen) atoms. The first kappa shape index (κ1) is 17.4. The SMILES string of the molecule is COc1ccc(Cl)cc1NS(=O)(=O)c1cc(-c2cc(C)[nH]n2)oc1C. The minimum atomic E-state index is -3.89. The van der Waals surface area contributed by atoms with Gasteiger partial charge in [-0.25, -0.2) is 8.42 Å². The Kier molecular flexibility index (Phi) is 4.49. The van der Waals surface area contributed by atoms with Gasteiger partial charge in [0, 0.05) is 16.8 Å². The molecule has 2 aromatic heterocycles. The Morgan fingerprint density at radius 1 is 1.24 bits per heavy atom. The van der Waals surface area contributed by atoms with E-state index in [2.05, 4.69) is 14.9 Å². The lowest BCUT2D eigenvalue weighted by atomic mass is 10.3. The van der Waals surface area contributed by atoms with Gasteiger partial charge in [0.15, 0.2) is 5.76 Å². The van der Waals surface area contributed by atoms with E-state index < -0.39 is 10.0 Å². The van der Waals surface area contributed by atoms with Gasteiger partial charge in [-0.2, -0.15) is 5.10 Å². The number of furan rings is 1. The third kappa shape index (κ3) is 3.49. The predicted molar refractivity (Wildman–Crippen MR) is 94.6 cm³/mol. The van der Waals surface area contributed by atoms with Crippen LogP contribution in [-0.2, 0) is 10.0 Å². The molecule has 0 spiro atoms. The summed E-state index contributed by atoms with van der Waals surface area (Å²) in [7, 11) is -2.45. The molecular weight excluding hydrogens is 366 g/mol. The van der Waals surface area contributed by atoms with Crippen LogP contribution in [0.2, 0.25) is 5.02 Å². The minimum Gasteiger partial charge on any atom is -0.495 e. The molecule has 2 heterocycles. The van der Waals surface area contributed by atoms with Crippen LogP contribution in [0.1, 0.15) is 11.5 Å². The average Bonchev–Trinajstić information content (AvgIpc) is 3.13. The highest BCUT2D eigenvalue weighted by molar-refractivity contribution is 7.92. The molecule has 0 unspecified atom stereocenters. The molecule has 3 aromatic rings. The van der Waals surface area contributed by atoms with E-state index in [1.807, 2.05) is 6.92 Å². The number of aromatic amines is 1. The maximum absolute atomic E-state index is 12.8. The van der Waals surface area contributed by atoms with Crippen molar-refractivity contribution in [3.05, 3.63) is 46.8 Å². The number of aromatic nitrogens is 2. The zero-order valence-electron chi connectivity index (χ0n) is 13.8. The normalized spacial score (nSPS) is 11.5. The van der Waals surface area contributed by atoms with Gasteiger partial charge >= 0.3 is 0 Å². The van der Waals surface area contributed by atoms with E-state index in [9.17, 15) is 8.42 Å². The molecule has 0 amide bonds. The summed E-state index contributed by atoms with van der Waals surface area (Å²) in [5.74, 6) is 0.974. The van der Waals surface area contributed by atoms with Gasteiger partial charge in [-0.15, -0.1) is 0 Å². The Morgan fingerprint density at radius 2 is 2.00 bits per heavy atom. The summed E-state index contributed by atoms with van der Waals surface area (Å²) in [6.07, 6.45) is 0. The topological polar surface area (TPSA) is 97.2 Å². The van der Waals surface area contributed by atoms with Crippen molar-refractivity contribution < 1.29 is 17.6 Å². The highest BCUT2D eigenvalue weighted by atomic mass is 35.5. The predicted octanol–water partition coefficient (Wildman–Crippen LogP) is 3.75. The number of nitrogens with zero attached hydrogens (tertiary/aromatic N) is 1. The molecule has 0 saturated heterocycles. The van der Waals surface area contributed by atoms with E-state index in [1.54, 1.807) is 25.1 Å². The van der Waals surface area contributed by atoms with Crippen molar-refractivity contribution in [2.75, 3.05) is 11.8 Å². The van der Waals surface area contributed by atoms with Crippen LogP contribution in [-0.4, -0.2) is 25.7 Å². The Labute approximate surface area is 150 Å². The van der Waals surface area contributed by atoms with Gasteiger partial charge in [-0.05, 0) is 38.1 Å². The van der Waals surface area contributed by atoms with Gasteiger partial charge < -0.3 is 9.15 Å². The van der Waals surface area contributed by atoms with E-state index >= 15 is 0 Å². The van der Waals surface area contributed by atoms with Crippen molar-refractivity contribution in [2.24, 2.45) is 0 Å². The second-order valence-corrected chi connectivity index (χ2v) is 7.50. The zero-order chi connectivity index (χ0) is 18.2. The third-order valence-corrected chi connectivity index (χ3v) is 5.23. The molecule has 0 aliphatic heterocycles. The number of anilines is 1. The van der Waals surface area contributed by atoms with Gasteiger partial charge in [-0.3, -0.25) is 9.82 Å². The van der Waals surface area contributed by atoms with Crippen molar-refractivity contribution in [3.8, 4) is 17.2 Å². The number of nitrogens with one attached hydrogen (secondary N) is 2. The van der Waals surface area contributed by atoms with Gasteiger partial charge in [0.2, 0.25) is 0 Å². The molecule has 0 aliphatic rings. The van der Waals surface area contributed by atoms with Crippen LogP contribution >= 0.6 is 11.6 Å². The summed E-state index contributed by atoms with van der Waals surface area (Å²) in [6.45, 7) is 3.42. The van der Waals surface area contributed by atoms with Crippen LogP contribution in [0, 0.1) is 13.8 Å². The lowest BCUT2D eigenvalue weighted by molar-refractivity contribution is 0.417. The standard InChI is InChI=1S/C16H16ClN3O4S/c1-9-6-12(19-18-9)15-8-16(10(2)24-15)25(21,22)20-13-7-11(17)4-5-14(13)23-3/h4-8,20H,1-3H3,(H,18,19). The molecule has 0 fully saturated rings. The highest BCUT2D eigenvalue weighted by Crippen LogP contribution is 2.32. The summed E-state index contributed by atoms with van der Waals surface area (Å²) in [5.41, 5.74) is 1.62. The lowest BCUT2D eigenvalue weighted by Crippen LogP contribution is -2.13. The molecule has 2 N–H and O–H groups in total. The fourth-order valence-corrected chi connectivity index (χ4v) is 3.78. The average molecular weight is 382 g/mol. The van der Waals surface area contributed by atoms with E-state index in [0.717, 1.165) is 5.69 Å². The Morgan fingerprint density at radius 3 is 2.64 bits per heavy atom. The van der Waals surface area contributed by atoms with Crippen molar-refractivity contribution >= 4 is 27.3 Å². The molecule has 0 saturated carbocycles. The highest BCUT2D eigenvalue weighted by Gasteiger charge is 2.24. The number of hydrogen-bond donors (Lipinski definition) is 2. The monoisotopic (exact) mass is 381 g/mol. The Balaban J connectivity index is 1.98. The van der Waals surface area contributed by atoms with E-state index in [4.69, 9.17) is 20.8 Å². The van der Waals surface area contributed by atoms with Crippen LogP contribution in [0.15, 0.2) is 39.6 Å². The Bertz CT molecular complexity index is 1020. The second-order valence-electron chi connectivity index (χ2n) is 5.42. The first-order chi connectivity index (χ1) is 11.8. The maximum Gasteiger partial charge on any atom is 0.265 e. The summed E-state index contributed by atoms with van der Waals surface area (Å²) in [5, 5.41) is 7.25. The van der Waals surface area contributed by atoms with E-state index in [0.29, 0.717) is 22.2 Å². The molecule has 0 aliphatic carbocycles. The number of aryl methyl sites for hydroxylation is 2. The summed E-state index contributed by atoms with van der Waals surface area (Å²) in [4.78, 5) is 0.0187. The van der Waals surface area contributed by atoms with Crippen molar-refractivity contribution in [1.29, 1.82) is 0 Å². The molecule has 0 radical (unpaired) electrons.